The van der Waals surface area contributed by atoms with E-state index >= 15 is 0 Å². The summed E-state index contributed by atoms with van der Waals surface area (Å²) in [6.07, 6.45) is -0.524. The van der Waals surface area contributed by atoms with E-state index in [2.05, 4.69) is 0 Å². The number of esters is 1. The fourth-order valence-corrected chi connectivity index (χ4v) is 1.20. The van der Waals surface area contributed by atoms with Crippen LogP contribution in [0.15, 0.2) is 24.3 Å². The summed E-state index contributed by atoms with van der Waals surface area (Å²) in [4.78, 5) is 43.8. The molecular weight excluding hydrogens is 252 g/mol. The van der Waals surface area contributed by atoms with Crippen molar-refractivity contribution in [3.63, 3.8) is 0 Å². The number of aldehydes is 1. The maximum absolute atomic E-state index is 11.6. The Morgan fingerprint density at radius 1 is 1.26 bits per heavy atom. The fourth-order valence-electron chi connectivity index (χ4n) is 1.20. The molecule has 1 aromatic carbocycles. The topological polar surface area (TPSA) is 116 Å². The van der Waals surface area contributed by atoms with E-state index in [0.717, 1.165) is 0 Å². The molecule has 7 heteroatoms. The summed E-state index contributed by atoms with van der Waals surface area (Å²) in [6.45, 7) is 1.30. The van der Waals surface area contributed by atoms with Crippen LogP contribution in [0.4, 0.5) is 4.79 Å². The van der Waals surface area contributed by atoms with E-state index in [1.54, 1.807) is 5.32 Å². The number of nitrogens with two attached hydrogens (primary N) is 1. The molecule has 0 saturated carbocycles. The zero-order chi connectivity index (χ0) is 14.4. The standard InChI is InChI=1S/C12H12N2O5/c1-7(10(16)14-12(13)18)19-11(17)9-4-2-8(6-15)3-5-9/h2-7H,1H3,(H3,13,14,16,18)/t7-/m0/s1. The highest BCUT2D eigenvalue weighted by Gasteiger charge is 2.19. The van der Waals surface area contributed by atoms with Crippen molar-refractivity contribution >= 4 is 24.2 Å². The SMILES string of the molecule is C[C@H](OC(=O)c1ccc(C=O)cc1)C(=O)NC(N)=O. The first-order chi connectivity index (χ1) is 8.93. The van der Waals surface area contributed by atoms with Crippen LogP contribution in [0.25, 0.3) is 0 Å². The van der Waals surface area contributed by atoms with Crippen LogP contribution in [-0.4, -0.2) is 30.3 Å². The molecule has 0 fully saturated rings. The monoisotopic (exact) mass is 264 g/mol. The molecule has 0 aliphatic heterocycles. The van der Waals surface area contributed by atoms with Crippen molar-refractivity contribution in [1.82, 2.24) is 5.32 Å². The largest absolute Gasteiger partial charge is 0.449 e. The molecule has 0 radical (unpaired) electrons. The lowest BCUT2D eigenvalue weighted by Gasteiger charge is -2.11. The van der Waals surface area contributed by atoms with Crippen LogP contribution < -0.4 is 11.1 Å². The molecule has 0 spiro atoms. The van der Waals surface area contributed by atoms with Crippen LogP contribution >= 0.6 is 0 Å². The maximum Gasteiger partial charge on any atom is 0.338 e. The van der Waals surface area contributed by atoms with Gasteiger partial charge in [-0.15, -0.1) is 0 Å². The number of hydrogen-bond donors (Lipinski definition) is 2. The lowest BCUT2D eigenvalue weighted by atomic mass is 10.1. The van der Waals surface area contributed by atoms with E-state index in [-0.39, 0.29) is 5.56 Å². The molecule has 0 heterocycles. The maximum atomic E-state index is 11.6. The number of benzene rings is 1. The minimum absolute atomic E-state index is 0.185. The first kappa shape index (κ1) is 14.4. The second-order valence-electron chi connectivity index (χ2n) is 3.64. The summed E-state index contributed by atoms with van der Waals surface area (Å²) in [6, 6.07) is 4.65. The van der Waals surface area contributed by atoms with Gasteiger partial charge in [-0.1, -0.05) is 12.1 Å². The van der Waals surface area contributed by atoms with Gasteiger partial charge in [-0.3, -0.25) is 14.9 Å². The number of nitrogens with one attached hydrogen (secondary N) is 1. The quantitative estimate of drug-likeness (QED) is 0.597. The van der Waals surface area contributed by atoms with Gasteiger partial charge >= 0.3 is 12.0 Å². The molecule has 7 nitrogen and oxygen atoms in total. The average molecular weight is 264 g/mol. The van der Waals surface area contributed by atoms with Crippen molar-refractivity contribution in [2.24, 2.45) is 5.73 Å². The van der Waals surface area contributed by atoms with Gasteiger partial charge in [-0.2, -0.15) is 0 Å². The van der Waals surface area contributed by atoms with Crippen LogP contribution in [0, 0.1) is 0 Å². The molecule has 1 rings (SSSR count). The molecule has 0 saturated heterocycles. The molecule has 0 aromatic heterocycles. The Morgan fingerprint density at radius 3 is 2.32 bits per heavy atom. The minimum Gasteiger partial charge on any atom is -0.449 e. The predicted octanol–water partition coefficient (Wildman–Crippen LogP) is 0.239. The Balaban J connectivity index is 2.65. The molecule has 100 valence electrons. The third-order valence-electron chi connectivity index (χ3n) is 2.18. The Morgan fingerprint density at radius 2 is 1.84 bits per heavy atom. The van der Waals surface area contributed by atoms with Gasteiger partial charge in [0.2, 0.25) is 0 Å². The molecule has 19 heavy (non-hydrogen) atoms. The van der Waals surface area contributed by atoms with Gasteiger partial charge in [0, 0.05) is 5.56 Å². The van der Waals surface area contributed by atoms with Crippen LogP contribution in [0.3, 0.4) is 0 Å². The second-order valence-corrected chi connectivity index (χ2v) is 3.64. The van der Waals surface area contributed by atoms with Gasteiger partial charge in [0.05, 0.1) is 5.56 Å². The third kappa shape index (κ3) is 4.23. The number of carbonyl (C=O) groups is 4. The van der Waals surface area contributed by atoms with Crippen molar-refractivity contribution in [3.8, 4) is 0 Å². The number of primary amides is 1. The Bertz CT molecular complexity index is 509. The average Bonchev–Trinajstić information content (AvgIpc) is 2.37. The van der Waals surface area contributed by atoms with E-state index in [1.165, 1.54) is 31.2 Å². The normalized spacial score (nSPS) is 11.2. The third-order valence-corrected chi connectivity index (χ3v) is 2.18. The van der Waals surface area contributed by atoms with E-state index < -0.39 is 24.0 Å². The molecule has 0 aliphatic carbocycles. The minimum atomic E-state index is -1.16. The van der Waals surface area contributed by atoms with Crippen LogP contribution in [-0.2, 0) is 9.53 Å². The molecular formula is C12H12N2O5. The number of imide groups is 1. The molecule has 3 amide bonds. The van der Waals surface area contributed by atoms with Crippen LogP contribution in [0.2, 0.25) is 0 Å². The Hall–Kier alpha value is -2.70. The van der Waals surface area contributed by atoms with Crippen molar-refractivity contribution in [2.45, 2.75) is 13.0 Å². The lowest BCUT2D eigenvalue weighted by molar-refractivity contribution is -0.127. The van der Waals surface area contributed by atoms with E-state index in [1.807, 2.05) is 0 Å². The number of carbonyl (C=O) groups excluding carboxylic acids is 4. The van der Waals surface area contributed by atoms with Crippen molar-refractivity contribution in [2.75, 3.05) is 0 Å². The van der Waals surface area contributed by atoms with Gasteiger partial charge in [-0.05, 0) is 19.1 Å². The van der Waals surface area contributed by atoms with Gasteiger partial charge < -0.3 is 10.5 Å². The second kappa shape index (κ2) is 6.29. The zero-order valence-electron chi connectivity index (χ0n) is 10.1. The number of rotatable bonds is 4. The van der Waals surface area contributed by atoms with E-state index in [4.69, 9.17) is 10.5 Å². The summed E-state index contributed by atoms with van der Waals surface area (Å²) in [5.41, 5.74) is 5.36. The van der Waals surface area contributed by atoms with Gasteiger partial charge in [0.15, 0.2) is 6.10 Å². The molecule has 0 aliphatic rings. The number of amides is 3. The van der Waals surface area contributed by atoms with Gasteiger partial charge in [0.1, 0.15) is 6.29 Å². The highest BCUT2D eigenvalue weighted by Crippen LogP contribution is 2.06. The summed E-state index contributed by atoms with van der Waals surface area (Å²) in [7, 11) is 0. The van der Waals surface area contributed by atoms with E-state index in [0.29, 0.717) is 11.8 Å². The molecule has 0 unspecified atom stereocenters. The summed E-state index contributed by atoms with van der Waals surface area (Å²) >= 11 is 0. The fraction of sp³-hybridized carbons (Fsp3) is 0.167. The highest BCUT2D eigenvalue weighted by atomic mass is 16.5. The first-order valence-corrected chi connectivity index (χ1v) is 5.30. The lowest BCUT2D eigenvalue weighted by Crippen LogP contribution is -2.42. The number of hydrogen-bond acceptors (Lipinski definition) is 5. The summed E-state index contributed by atoms with van der Waals surface area (Å²) in [5, 5.41) is 1.79. The smallest absolute Gasteiger partial charge is 0.338 e. The Kier molecular flexibility index (Phi) is 4.76. The van der Waals surface area contributed by atoms with Gasteiger partial charge in [-0.25, -0.2) is 9.59 Å². The van der Waals surface area contributed by atoms with Gasteiger partial charge in [0.25, 0.3) is 5.91 Å². The molecule has 1 aromatic rings. The van der Waals surface area contributed by atoms with Crippen molar-refractivity contribution in [3.05, 3.63) is 35.4 Å². The highest BCUT2D eigenvalue weighted by molar-refractivity contribution is 5.98. The van der Waals surface area contributed by atoms with Crippen molar-refractivity contribution < 1.29 is 23.9 Å². The first-order valence-electron chi connectivity index (χ1n) is 5.30. The summed E-state index contributed by atoms with van der Waals surface area (Å²) < 4.78 is 4.83. The van der Waals surface area contributed by atoms with Crippen molar-refractivity contribution in [1.29, 1.82) is 0 Å². The van der Waals surface area contributed by atoms with Crippen LogP contribution in [0.1, 0.15) is 27.6 Å². The summed E-state index contributed by atoms with van der Waals surface area (Å²) in [5.74, 6) is -1.56. The molecule has 1 atom stereocenters. The van der Waals surface area contributed by atoms with E-state index in [9.17, 15) is 19.2 Å². The Labute approximate surface area is 108 Å². The molecule has 0 bridgehead atoms. The predicted molar refractivity (Wildman–Crippen MR) is 64.4 cm³/mol. The van der Waals surface area contributed by atoms with Crippen LogP contribution in [0.5, 0.6) is 0 Å². The number of ether oxygens (including phenoxy) is 1. The molecule has 3 N–H and O–H groups in total. The number of urea groups is 1. The zero-order valence-corrected chi connectivity index (χ0v) is 10.1.